The molecule has 0 radical (unpaired) electrons. The van der Waals surface area contributed by atoms with Crippen molar-refractivity contribution in [2.24, 2.45) is 0 Å². The molecule has 0 aliphatic carbocycles. The average Bonchev–Trinajstić information content (AvgIpc) is 2.77. The molecule has 0 aliphatic heterocycles. The Balaban J connectivity index is 0.00000103. The second-order valence-electron chi connectivity index (χ2n) is 7.20. The molecule has 0 heterocycles. The van der Waals surface area contributed by atoms with Crippen molar-refractivity contribution in [3.63, 3.8) is 0 Å². The molecule has 0 spiro atoms. The van der Waals surface area contributed by atoms with Crippen molar-refractivity contribution in [1.29, 1.82) is 0 Å². The van der Waals surface area contributed by atoms with E-state index in [0.29, 0.717) is 12.1 Å². The molecule has 0 aliphatic rings. The highest BCUT2D eigenvalue weighted by Crippen LogP contribution is 2.46. The number of aryl methyl sites for hydroxylation is 1. The minimum absolute atomic E-state index is 0.0108. The van der Waals surface area contributed by atoms with Crippen LogP contribution in [0, 0.1) is 6.92 Å². The van der Waals surface area contributed by atoms with Crippen LogP contribution in [0.1, 0.15) is 49.9 Å². The topological polar surface area (TPSA) is 0 Å². The number of hydrogen-bond donors (Lipinski definition) is 0. The van der Waals surface area contributed by atoms with E-state index in [-0.39, 0.29) is 37.7 Å². The molecule has 0 amide bonds. The Kier molecular flexibility index (Phi) is 7.74. The van der Waals surface area contributed by atoms with E-state index in [1.54, 1.807) is 0 Å². The third-order valence-electron chi connectivity index (χ3n) is 5.46. The Morgan fingerprint density at radius 3 is 1.23 bits per heavy atom. The van der Waals surface area contributed by atoms with Gasteiger partial charge in [-0.15, -0.1) is 0 Å². The normalized spacial score (nSPS) is 12.4. The van der Waals surface area contributed by atoms with Gasteiger partial charge in [0.15, 0.2) is 0 Å². The van der Waals surface area contributed by atoms with Crippen LogP contribution in [-0.2, 0) is 18.5 Å². The quantitative estimate of drug-likeness (QED) is 0.127. The maximum Gasteiger partial charge on any atom is 0.417 e. The first kappa shape index (κ1) is 28.3. The van der Waals surface area contributed by atoms with Crippen LogP contribution in [0.15, 0.2) is 36.4 Å². The molecule has 190 valence electrons. The Morgan fingerprint density at radius 2 is 0.829 bits per heavy atom. The summed E-state index contributed by atoms with van der Waals surface area (Å²) in [6, 6.07) is 4.81. The minimum atomic E-state index is -5.07. The van der Waals surface area contributed by atoms with E-state index in [0.717, 1.165) is 24.3 Å². The zero-order valence-corrected chi connectivity index (χ0v) is 19.6. The van der Waals surface area contributed by atoms with Gasteiger partial charge in [0.25, 0.3) is 0 Å². The van der Waals surface area contributed by atoms with Gasteiger partial charge in [-0.1, -0.05) is 52.5 Å². The van der Waals surface area contributed by atoms with Crippen molar-refractivity contribution in [2.45, 2.75) is 53.1 Å². The van der Waals surface area contributed by atoms with E-state index in [4.69, 9.17) is 0 Å². The molecule has 9 heteroatoms. The minimum Gasteiger partial charge on any atom is -0.166 e. The van der Waals surface area contributed by atoms with Crippen LogP contribution in [0.5, 0.6) is 0 Å². The van der Waals surface area contributed by atoms with Crippen molar-refractivity contribution in [2.75, 3.05) is 0 Å². The van der Waals surface area contributed by atoms with Crippen LogP contribution in [0.3, 0.4) is 0 Å². The van der Waals surface area contributed by atoms with Crippen LogP contribution < -0.4 is 5.22 Å². The average molecular weight is 506 g/mol. The molecular weight excluding hydrogens is 483 g/mol. The van der Waals surface area contributed by atoms with Gasteiger partial charge in [-0.25, -0.2) is 0 Å². The lowest BCUT2D eigenvalue weighted by Crippen LogP contribution is -2.15. The second-order valence-corrected chi connectivity index (χ2v) is 7.20. The number of alkyl halides is 9. The summed E-state index contributed by atoms with van der Waals surface area (Å²) in [5.41, 5.74) is -4.10. The highest BCUT2D eigenvalue weighted by molar-refractivity contribution is 6.23. The van der Waals surface area contributed by atoms with Crippen LogP contribution >= 0.6 is 0 Å². The van der Waals surface area contributed by atoms with Crippen LogP contribution in [-0.4, -0.2) is 0 Å². The van der Waals surface area contributed by atoms with E-state index in [1.165, 1.54) is 6.92 Å². The molecule has 4 aromatic carbocycles. The lowest BCUT2D eigenvalue weighted by atomic mass is 9.86. The summed E-state index contributed by atoms with van der Waals surface area (Å²) in [6.45, 7) is 12.9. The SMILES string of the molecule is C=c1c2ccc(C(F)(F)F)c3c(C(F)(F)F)ccc(c4ccc(C(F)(F)F)c(C)c14)c32.CC.CC. The molecule has 35 heavy (non-hydrogen) atoms. The fourth-order valence-corrected chi connectivity index (χ4v) is 4.21. The first-order valence-corrected chi connectivity index (χ1v) is 10.8. The van der Waals surface area contributed by atoms with Crippen LogP contribution in [0.4, 0.5) is 39.5 Å². The van der Waals surface area contributed by atoms with Crippen LogP contribution in [0.25, 0.3) is 38.9 Å². The predicted octanol–water partition coefficient (Wildman–Crippen LogP) is 9.69. The lowest BCUT2D eigenvalue weighted by molar-refractivity contribution is -0.140. The smallest absolute Gasteiger partial charge is 0.166 e. The van der Waals surface area contributed by atoms with Crippen molar-refractivity contribution in [3.8, 4) is 0 Å². The number of halogens is 9. The number of rotatable bonds is 0. The maximum absolute atomic E-state index is 13.6. The first-order chi connectivity index (χ1) is 16.1. The van der Waals surface area contributed by atoms with E-state index in [1.807, 2.05) is 27.7 Å². The number of benzene rings is 4. The van der Waals surface area contributed by atoms with Gasteiger partial charge in [-0.2, -0.15) is 39.5 Å². The molecule has 0 unspecified atom stereocenters. The van der Waals surface area contributed by atoms with Gasteiger partial charge in [0.05, 0.1) is 16.7 Å². The number of hydrogen-bond acceptors (Lipinski definition) is 0. The molecule has 4 rings (SSSR count). The Morgan fingerprint density at radius 1 is 0.486 bits per heavy atom. The van der Waals surface area contributed by atoms with Gasteiger partial charge in [0.1, 0.15) is 0 Å². The van der Waals surface area contributed by atoms with Gasteiger partial charge in [-0.05, 0) is 62.8 Å². The van der Waals surface area contributed by atoms with Gasteiger partial charge in [0.2, 0.25) is 0 Å². The molecule has 0 fully saturated rings. The molecular formula is C26H23F9. The fraction of sp³-hybridized carbons (Fsp3) is 0.308. The molecule has 0 N–H and O–H groups in total. The molecule has 0 nitrogen and oxygen atoms in total. The van der Waals surface area contributed by atoms with Gasteiger partial charge >= 0.3 is 18.5 Å². The van der Waals surface area contributed by atoms with E-state index >= 15 is 0 Å². The molecule has 0 saturated carbocycles. The zero-order valence-electron chi connectivity index (χ0n) is 19.6. The molecule has 0 atom stereocenters. The summed E-state index contributed by atoms with van der Waals surface area (Å²) in [4.78, 5) is 0. The third-order valence-corrected chi connectivity index (χ3v) is 5.46. The largest absolute Gasteiger partial charge is 0.417 e. The number of fused-ring (bicyclic) bond motifs is 2. The lowest BCUT2D eigenvalue weighted by Gasteiger charge is -2.21. The summed E-state index contributed by atoms with van der Waals surface area (Å²) in [6.07, 6.45) is -14.8. The van der Waals surface area contributed by atoms with Crippen molar-refractivity contribution in [3.05, 3.63) is 63.9 Å². The van der Waals surface area contributed by atoms with Gasteiger partial charge < -0.3 is 0 Å². The second kappa shape index (κ2) is 9.59. The molecule has 0 aromatic heterocycles. The highest BCUT2D eigenvalue weighted by Gasteiger charge is 2.40. The van der Waals surface area contributed by atoms with Gasteiger partial charge in [-0.3, -0.25) is 0 Å². The highest BCUT2D eigenvalue weighted by atomic mass is 19.4. The van der Waals surface area contributed by atoms with E-state index < -0.39 is 40.6 Å². The fourth-order valence-electron chi connectivity index (χ4n) is 4.21. The first-order valence-electron chi connectivity index (χ1n) is 10.8. The van der Waals surface area contributed by atoms with Crippen molar-refractivity contribution >= 4 is 38.9 Å². The molecule has 0 saturated heterocycles. The molecule has 0 bridgehead atoms. The Hall–Kier alpha value is -2.97. The summed E-state index contributed by atoms with van der Waals surface area (Å²) >= 11 is 0. The van der Waals surface area contributed by atoms with E-state index in [9.17, 15) is 39.5 Å². The van der Waals surface area contributed by atoms with Crippen LogP contribution in [0.2, 0.25) is 0 Å². The standard InChI is InChI=1S/C22H11F9.2C2H6/c1-9-11-3-7-15(21(26,27)28)19-16(22(29,30)31)8-5-13(18(11)19)12-4-6-14(20(23,24)25)10(2)17(9)12;2*1-2/h3-8H,1H2,2H3;2*1-2H3. The Bertz CT molecular complexity index is 1390. The monoisotopic (exact) mass is 506 g/mol. The summed E-state index contributed by atoms with van der Waals surface area (Å²) < 4.78 is 122. The predicted molar refractivity (Wildman–Crippen MR) is 122 cm³/mol. The maximum atomic E-state index is 13.6. The summed E-state index contributed by atoms with van der Waals surface area (Å²) in [5, 5.41) is -1.38. The van der Waals surface area contributed by atoms with Crippen molar-refractivity contribution < 1.29 is 39.5 Å². The summed E-state index contributed by atoms with van der Waals surface area (Å²) in [7, 11) is 0. The summed E-state index contributed by atoms with van der Waals surface area (Å²) in [5.74, 6) is 0. The van der Waals surface area contributed by atoms with Crippen molar-refractivity contribution in [1.82, 2.24) is 0 Å². The van der Waals surface area contributed by atoms with Gasteiger partial charge in [0, 0.05) is 5.39 Å². The third kappa shape index (κ3) is 4.77. The molecule has 4 aromatic rings. The zero-order chi connectivity index (χ0) is 27.1. The van der Waals surface area contributed by atoms with E-state index in [2.05, 4.69) is 6.58 Å². The Labute approximate surface area is 196 Å².